The highest BCUT2D eigenvalue weighted by atomic mass is 19.1. The van der Waals surface area contributed by atoms with E-state index in [1.54, 1.807) is 11.9 Å². The van der Waals surface area contributed by atoms with Gasteiger partial charge >= 0.3 is 0 Å². The first kappa shape index (κ1) is 14.4. The van der Waals surface area contributed by atoms with Crippen molar-refractivity contribution in [2.24, 2.45) is 5.92 Å². The topological polar surface area (TPSA) is 53.5 Å². The van der Waals surface area contributed by atoms with E-state index >= 15 is 0 Å². The van der Waals surface area contributed by atoms with E-state index in [9.17, 15) is 14.0 Å². The lowest BCUT2D eigenvalue weighted by molar-refractivity contribution is -0.127. The van der Waals surface area contributed by atoms with Gasteiger partial charge in [-0.15, -0.1) is 0 Å². The molecule has 108 valence electrons. The monoisotopic (exact) mass is 279 g/mol. The second kappa shape index (κ2) is 5.98. The molecule has 1 aromatic rings. The fraction of sp³-hybridized carbons (Fsp3) is 0.500. The summed E-state index contributed by atoms with van der Waals surface area (Å²) in [5, 5.41) is 0. The van der Waals surface area contributed by atoms with E-state index in [4.69, 9.17) is 0 Å². The summed E-state index contributed by atoms with van der Waals surface area (Å²) >= 11 is 0. The molecule has 1 atom stereocenters. The summed E-state index contributed by atoms with van der Waals surface area (Å²) in [5.74, 6) is -0.541. The Morgan fingerprint density at radius 2 is 2.30 bits per heavy atom. The summed E-state index contributed by atoms with van der Waals surface area (Å²) in [6.07, 6.45) is 2.87. The number of halogens is 1. The Balaban J connectivity index is 1.97. The Bertz CT molecular complexity index is 521. The van der Waals surface area contributed by atoms with Gasteiger partial charge in [0, 0.05) is 45.2 Å². The summed E-state index contributed by atoms with van der Waals surface area (Å²) in [5.41, 5.74) is 0.226. The van der Waals surface area contributed by atoms with Crippen LogP contribution in [-0.2, 0) is 4.79 Å². The van der Waals surface area contributed by atoms with Crippen molar-refractivity contribution in [1.29, 1.82) is 0 Å². The van der Waals surface area contributed by atoms with Crippen LogP contribution >= 0.6 is 0 Å². The molecule has 0 aromatic carbocycles. The van der Waals surface area contributed by atoms with Gasteiger partial charge in [-0.2, -0.15) is 0 Å². The van der Waals surface area contributed by atoms with Crippen molar-refractivity contribution in [2.45, 2.75) is 13.3 Å². The Hall–Kier alpha value is -1.98. The molecule has 1 fully saturated rings. The normalized spacial score (nSPS) is 18.4. The van der Waals surface area contributed by atoms with E-state index in [-0.39, 0.29) is 23.3 Å². The van der Waals surface area contributed by atoms with Gasteiger partial charge in [0.15, 0.2) is 0 Å². The summed E-state index contributed by atoms with van der Waals surface area (Å²) in [4.78, 5) is 30.8. The van der Waals surface area contributed by atoms with Gasteiger partial charge in [0.2, 0.25) is 5.91 Å². The fourth-order valence-corrected chi connectivity index (χ4v) is 2.50. The number of pyridine rings is 1. The lowest BCUT2D eigenvalue weighted by Gasteiger charge is -2.21. The van der Waals surface area contributed by atoms with Crippen LogP contribution in [0.2, 0.25) is 0 Å². The highest BCUT2D eigenvalue weighted by molar-refractivity contribution is 5.93. The highest BCUT2D eigenvalue weighted by Crippen LogP contribution is 2.18. The molecule has 1 aliphatic heterocycles. The van der Waals surface area contributed by atoms with Gasteiger partial charge < -0.3 is 9.80 Å². The van der Waals surface area contributed by atoms with Crippen molar-refractivity contribution < 1.29 is 14.0 Å². The number of amides is 2. The third-order valence-electron chi connectivity index (χ3n) is 3.51. The van der Waals surface area contributed by atoms with E-state index in [2.05, 4.69) is 4.98 Å². The van der Waals surface area contributed by atoms with Crippen molar-refractivity contribution in [3.63, 3.8) is 0 Å². The third kappa shape index (κ3) is 3.12. The van der Waals surface area contributed by atoms with E-state index in [0.717, 1.165) is 6.20 Å². The third-order valence-corrected chi connectivity index (χ3v) is 3.51. The molecule has 1 aromatic heterocycles. The maximum atomic E-state index is 13.1. The zero-order valence-corrected chi connectivity index (χ0v) is 11.7. The molecular formula is C14H18FN3O2. The lowest BCUT2D eigenvalue weighted by atomic mass is 10.1. The molecule has 0 bridgehead atoms. The van der Waals surface area contributed by atoms with E-state index in [0.29, 0.717) is 26.1 Å². The first-order valence-corrected chi connectivity index (χ1v) is 6.65. The van der Waals surface area contributed by atoms with Crippen LogP contribution in [0.4, 0.5) is 4.39 Å². The number of rotatable bonds is 4. The minimum absolute atomic E-state index is 0.130. The molecule has 0 aliphatic carbocycles. The SMILES string of the molecule is CCN1C[C@H](CN(C)C(=O)c2cncc(F)c2)CC1=O. The molecule has 0 radical (unpaired) electrons. The molecule has 2 amide bonds. The standard InChI is InChI=1S/C14H18FN3O2/c1-3-18-9-10(4-13(18)19)8-17(2)14(20)11-5-12(15)7-16-6-11/h5-7,10H,3-4,8-9H2,1-2H3/t10-/m0/s1. The molecule has 6 heteroatoms. The van der Waals surface area contributed by atoms with Crippen molar-refractivity contribution in [3.8, 4) is 0 Å². The van der Waals surface area contributed by atoms with Gasteiger partial charge in [0.25, 0.3) is 5.91 Å². The van der Waals surface area contributed by atoms with Gasteiger partial charge in [-0.3, -0.25) is 14.6 Å². The fourth-order valence-electron chi connectivity index (χ4n) is 2.50. The van der Waals surface area contributed by atoms with Crippen LogP contribution in [0, 0.1) is 11.7 Å². The maximum absolute atomic E-state index is 13.1. The predicted octanol–water partition coefficient (Wildman–Crippen LogP) is 1.16. The molecule has 1 aliphatic rings. The van der Waals surface area contributed by atoms with Crippen molar-refractivity contribution in [1.82, 2.24) is 14.8 Å². The number of hydrogen-bond donors (Lipinski definition) is 0. The van der Waals surface area contributed by atoms with E-state index < -0.39 is 5.82 Å². The molecule has 0 saturated carbocycles. The zero-order valence-electron chi connectivity index (χ0n) is 11.7. The average molecular weight is 279 g/mol. The summed E-state index contributed by atoms with van der Waals surface area (Å²) in [7, 11) is 1.66. The number of carbonyl (C=O) groups is 2. The van der Waals surface area contributed by atoms with E-state index in [1.807, 2.05) is 6.92 Å². The van der Waals surface area contributed by atoms with Crippen LogP contribution in [0.1, 0.15) is 23.7 Å². The van der Waals surface area contributed by atoms with Crippen LogP contribution in [-0.4, -0.2) is 53.3 Å². The van der Waals surface area contributed by atoms with Crippen LogP contribution in [0.3, 0.4) is 0 Å². The van der Waals surface area contributed by atoms with Crippen LogP contribution in [0.15, 0.2) is 18.5 Å². The summed E-state index contributed by atoms with van der Waals surface area (Å²) in [6, 6.07) is 1.17. The highest BCUT2D eigenvalue weighted by Gasteiger charge is 2.30. The quantitative estimate of drug-likeness (QED) is 0.831. The Kier molecular flexibility index (Phi) is 4.32. The molecule has 0 unspecified atom stereocenters. The Morgan fingerprint density at radius 1 is 1.55 bits per heavy atom. The van der Waals surface area contributed by atoms with Crippen molar-refractivity contribution >= 4 is 11.8 Å². The van der Waals surface area contributed by atoms with Crippen LogP contribution < -0.4 is 0 Å². The number of aromatic nitrogens is 1. The van der Waals surface area contributed by atoms with Crippen LogP contribution in [0.5, 0.6) is 0 Å². The van der Waals surface area contributed by atoms with Gasteiger partial charge in [-0.05, 0) is 13.0 Å². The molecule has 20 heavy (non-hydrogen) atoms. The Labute approximate surface area is 117 Å². The molecule has 0 spiro atoms. The molecule has 1 saturated heterocycles. The summed E-state index contributed by atoms with van der Waals surface area (Å²) < 4.78 is 13.1. The molecule has 5 nitrogen and oxygen atoms in total. The van der Waals surface area contributed by atoms with Crippen LogP contribution in [0.25, 0.3) is 0 Å². The van der Waals surface area contributed by atoms with Crippen molar-refractivity contribution in [3.05, 3.63) is 29.8 Å². The second-order valence-corrected chi connectivity index (χ2v) is 5.08. The van der Waals surface area contributed by atoms with E-state index in [1.165, 1.54) is 17.2 Å². The summed E-state index contributed by atoms with van der Waals surface area (Å²) in [6.45, 7) is 3.79. The minimum Gasteiger partial charge on any atom is -0.343 e. The number of carbonyl (C=O) groups excluding carboxylic acids is 2. The van der Waals surface area contributed by atoms with Crippen molar-refractivity contribution in [2.75, 3.05) is 26.7 Å². The molecule has 0 N–H and O–H groups in total. The van der Waals surface area contributed by atoms with Gasteiger partial charge in [-0.1, -0.05) is 0 Å². The smallest absolute Gasteiger partial charge is 0.255 e. The maximum Gasteiger partial charge on any atom is 0.255 e. The largest absolute Gasteiger partial charge is 0.343 e. The predicted molar refractivity (Wildman–Crippen MR) is 71.5 cm³/mol. The molecule has 2 rings (SSSR count). The number of hydrogen-bond acceptors (Lipinski definition) is 3. The van der Waals surface area contributed by atoms with Gasteiger partial charge in [0.05, 0.1) is 11.8 Å². The number of nitrogens with zero attached hydrogens (tertiary/aromatic N) is 3. The average Bonchev–Trinajstić information content (AvgIpc) is 2.77. The molecule has 2 heterocycles. The first-order chi connectivity index (χ1) is 9.51. The van der Waals surface area contributed by atoms with Gasteiger partial charge in [0.1, 0.15) is 5.82 Å². The minimum atomic E-state index is -0.530. The Morgan fingerprint density at radius 3 is 2.90 bits per heavy atom. The first-order valence-electron chi connectivity index (χ1n) is 6.65. The lowest BCUT2D eigenvalue weighted by Crippen LogP contribution is -2.33. The zero-order chi connectivity index (χ0) is 14.7. The number of likely N-dealkylation sites (tertiary alicyclic amines) is 1. The van der Waals surface area contributed by atoms with Gasteiger partial charge in [-0.25, -0.2) is 4.39 Å². The second-order valence-electron chi connectivity index (χ2n) is 5.08. The molecular weight excluding hydrogens is 261 g/mol.